The van der Waals surface area contributed by atoms with Crippen LogP contribution in [0.15, 0.2) is 12.2 Å². The quantitative estimate of drug-likeness (QED) is 0.0428. The Bertz CT molecular complexity index is 664. The molecule has 0 aromatic carbocycles. The molecule has 1 heterocycles. The van der Waals surface area contributed by atoms with Crippen molar-refractivity contribution in [3.8, 4) is 0 Å². The van der Waals surface area contributed by atoms with Crippen LogP contribution in [0.5, 0.6) is 0 Å². The maximum Gasteiger partial charge on any atom is 0.508 e. The summed E-state index contributed by atoms with van der Waals surface area (Å²) < 4.78 is 23.4. The molecule has 0 spiro atoms. The smallest absolute Gasteiger partial charge is 0.434 e. The summed E-state index contributed by atoms with van der Waals surface area (Å²) in [6.45, 7) is 6.72. The number of hydrogen-bond acceptors (Lipinski definition) is 6. The zero-order chi connectivity index (χ0) is 32.6. The summed E-state index contributed by atoms with van der Waals surface area (Å²) in [5.41, 5.74) is 0. The monoisotopic (exact) mass is 638 g/mol. The second-order valence-corrected chi connectivity index (χ2v) is 13.7. The van der Waals surface area contributed by atoms with Gasteiger partial charge in [-0.1, -0.05) is 116 Å². The van der Waals surface area contributed by atoms with E-state index in [2.05, 4.69) is 30.9 Å². The Morgan fingerprint density at radius 1 is 0.733 bits per heavy atom. The average Bonchev–Trinajstić information content (AvgIpc) is 3.03. The number of hydrogen-bond donors (Lipinski definition) is 0. The number of carbonyl (C=O) groups excluding carboxylic acids is 1. The van der Waals surface area contributed by atoms with Gasteiger partial charge in [-0.05, 0) is 91.1 Å². The van der Waals surface area contributed by atoms with Crippen molar-refractivity contribution >= 4 is 6.16 Å². The highest BCUT2D eigenvalue weighted by Gasteiger charge is 2.19. The molecule has 266 valence electrons. The molecule has 0 aliphatic carbocycles. The predicted octanol–water partition coefficient (Wildman–Crippen LogP) is 11.5. The van der Waals surface area contributed by atoms with E-state index >= 15 is 0 Å². The third-order valence-corrected chi connectivity index (χ3v) is 8.94. The molecular formula is C39H75NO5. The van der Waals surface area contributed by atoms with Gasteiger partial charge in [-0.25, -0.2) is 4.79 Å². The van der Waals surface area contributed by atoms with E-state index < -0.39 is 6.16 Å². The maximum atomic E-state index is 12.3. The van der Waals surface area contributed by atoms with Crippen LogP contribution in [0.2, 0.25) is 0 Å². The maximum absolute atomic E-state index is 12.3. The van der Waals surface area contributed by atoms with Crippen LogP contribution in [0.4, 0.5) is 4.79 Å². The van der Waals surface area contributed by atoms with Gasteiger partial charge in [-0.2, -0.15) is 0 Å². The van der Waals surface area contributed by atoms with Crippen molar-refractivity contribution in [1.29, 1.82) is 0 Å². The molecule has 2 unspecified atom stereocenters. The molecule has 0 amide bonds. The standard InChI is InChI=1S/C39H75NO5/c1-5-7-9-11-12-15-19-23-30-37(45-39(41)43-35-27-33-40(3)4)31-24-20-17-14-13-16-18-22-29-36(28-21-10-8-6-2)44-38-32-25-26-34-42-38/h18,22,36-38H,5-17,19-21,23-35H2,1-4H3/b22-18-/t36-,37?,38?/m1/s1. The van der Waals surface area contributed by atoms with Crippen molar-refractivity contribution in [2.24, 2.45) is 0 Å². The lowest BCUT2D eigenvalue weighted by molar-refractivity contribution is -0.188. The Morgan fingerprint density at radius 3 is 1.91 bits per heavy atom. The van der Waals surface area contributed by atoms with Crippen LogP contribution < -0.4 is 0 Å². The zero-order valence-corrected chi connectivity index (χ0v) is 30.4. The molecule has 1 aliphatic heterocycles. The number of carbonyl (C=O) groups is 1. The van der Waals surface area contributed by atoms with Gasteiger partial charge >= 0.3 is 6.16 Å². The number of unbranched alkanes of at least 4 members (excludes halogenated alkanes) is 15. The van der Waals surface area contributed by atoms with Crippen LogP contribution in [0.1, 0.15) is 181 Å². The van der Waals surface area contributed by atoms with E-state index in [1.165, 1.54) is 109 Å². The molecule has 1 saturated heterocycles. The molecule has 0 bridgehead atoms. The van der Waals surface area contributed by atoms with E-state index in [4.69, 9.17) is 18.9 Å². The van der Waals surface area contributed by atoms with Gasteiger partial charge in [0.1, 0.15) is 6.10 Å². The molecule has 1 aliphatic rings. The normalized spacial score (nSPS) is 16.8. The molecule has 0 radical (unpaired) electrons. The molecule has 0 aromatic rings. The van der Waals surface area contributed by atoms with Gasteiger partial charge in [0.15, 0.2) is 6.29 Å². The fourth-order valence-electron chi connectivity index (χ4n) is 6.08. The second kappa shape index (κ2) is 31.5. The van der Waals surface area contributed by atoms with Crippen molar-refractivity contribution in [3.63, 3.8) is 0 Å². The van der Waals surface area contributed by atoms with Crippen LogP contribution in [-0.4, -0.2) is 63.4 Å². The van der Waals surface area contributed by atoms with E-state index in [9.17, 15) is 4.79 Å². The lowest BCUT2D eigenvalue weighted by Gasteiger charge is -2.27. The topological polar surface area (TPSA) is 57.2 Å². The highest BCUT2D eigenvalue weighted by atomic mass is 16.7. The van der Waals surface area contributed by atoms with Crippen LogP contribution in [-0.2, 0) is 18.9 Å². The Hall–Kier alpha value is -1.11. The first kappa shape index (κ1) is 41.9. The summed E-state index contributed by atoms with van der Waals surface area (Å²) in [6.07, 6.45) is 35.6. The Kier molecular flexibility index (Phi) is 29.3. The van der Waals surface area contributed by atoms with E-state index in [1.807, 2.05) is 14.1 Å². The first-order chi connectivity index (χ1) is 22.0. The van der Waals surface area contributed by atoms with Crippen molar-refractivity contribution in [2.75, 3.05) is 33.9 Å². The second-order valence-electron chi connectivity index (χ2n) is 13.7. The highest BCUT2D eigenvalue weighted by molar-refractivity contribution is 5.60. The molecule has 1 rings (SSSR count). The fraction of sp³-hybridized carbons (Fsp3) is 0.923. The molecule has 6 heteroatoms. The third kappa shape index (κ3) is 27.7. The minimum atomic E-state index is -0.482. The molecule has 0 saturated carbocycles. The van der Waals surface area contributed by atoms with Crippen molar-refractivity contribution in [1.82, 2.24) is 4.90 Å². The van der Waals surface area contributed by atoms with Gasteiger partial charge in [0.05, 0.1) is 12.7 Å². The van der Waals surface area contributed by atoms with Crippen LogP contribution in [0, 0.1) is 0 Å². The number of allylic oxidation sites excluding steroid dienone is 1. The van der Waals surface area contributed by atoms with Gasteiger partial charge in [0.25, 0.3) is 0 Å². The third-order valence-electron chi connectivity index (χ3n) is 8.94. The van der Waals surface area contributed by atoms with Gasteiger partial charge in [0.2, 0.25) is 0 Å². The molecule has 0 aromatic heterocycles. The largest absolute Gasteiger partial charge is 0.508 e. The summed E-state index contributed by atoms with van der Waals surface area (Å²) in [7, 11) is 4.07. The lowest BCUT2D eigenvalue weighted by atomic mass is 10.0. The first-order valence-corrected chi connectivity index (χ1v) is 19.4. The van der Waals surface area contributed by atoms with Crippen LogP contribution in [0.3, 0.4) is 0 Å². The summed E-state index contributed by atoms with van der Waals surface area (Å²) in [5, 5.41) is 0. The van der Waals surface area contributed by atoms with E-state index in [1.54, 1.807) is 0 Å². The number of nitrogens with zero attached hydrogens (tertiary/aromatic N) is 1. The van der Waals surface area contributed by atoms with Gasteiger partial charge in [0, 0.05) is 13.2 Å². The van der Waals surface area contributed by atoms with Gasteiger partial charge in [-0.15, -0.1) is 0 Å². The molecule has 1 fully saturated rings. The summed E-state index contributed by atoms with van der Waals surface area (Å²) in [5.74, 6) is 0. The number of rotatable bonds is 31. The minimum absolute atomic E-state index is 0.00683. The highest BCUT2D eigenvalue weighted by Crippen LogP contribution is 2.21. The Balaban J connectivity index is 2.26. The minimum Gasteiger partial charge on any atom is -0.434 e. The predicted molar refractivity (Wildman–Crippen MR) is 190 cm³/mol. The van der Waals surface area contributed by atoms with Crippen molar-refractivity contribution < 1.29 is 23.7 Å². The van der Waals surface area contributed by atoms with Crippen LogP contribution >= 0.6 is 0 Å². The lowest BCUT2D eigenvalue weighted by Crippen LogP contribution is -2.27. The van der Waals surface area contributed by atoms with Crippen molar-refractivity contribution in [2.45, 2.75) is 199 Å². The van der Waals surface area contributed by atoms with E-state index in [0.29, 0.717) is 6.61 Å². The SMILES string of the molecule is CCCCCCCCCCC(CCCCCCC/C=C\C[C@@H](CCCCCC)OC1CCCCO1)OC(=O)OCCCN(C)C. The summed E-state index contributed by atoms with van der Waals surface area (Å²) in [4.78, 5) is 14.4. The molecule has 6 nitrogen and oxygen atoms in total. The summed E-state index contributed by atoms with van der Waals surface area (Å²) >= 11 is 0. The van der Waals surface area contributed by atoms with E-state index in [-0.39, 0.29) is 18.5 Å². The zero-order valence-electron chi connectivity index (χ0n) is 30.4. The molecule has 3 atom stereocenters. The van der Waals surface area contributed by atoms with Crippen LogP contribution in [0.25, 0.3) is 0 Å². The van der Waals surface area contributed by atoms with E-state index in [0.717, 1.165) is 70.9 Å². The Labute approximate surface area is 279 Å². The van der Waals surface area contributed by atoms with Gasteiger partial charge in [-0.3, -0.25) is 0 Å². The number of ether oxygens (including phenoxy) is 4. The fourth-order valence-corrected chi connectivity index (χ4v) is 6.08. The molecular weight excluding hydrogens is 562 g/mol. The molecule has 45 heavy (non-hydrogen) atoms. The van der Waals surface area contributed by atoms with Crippen molar-refractivity contribution in [3.05, 3.63) is 12.2 Å². The average molecular weight is 638 g/mol. The molecule has 0 N–H and O–H groups in total. The Morgan fingerprint density at radius 2 is 1.31 bits per heavy atom. The summed E-state index contributed by atoms with van der Waals surface area (Å²) in [6, 6.07) is 0. The van der Waals surface area contributed by atoms with Gasteiger partial charge < -0.3 is 23.8 Å². The first-order valence-electron chi connectivity index (χ1n) is 19.4.